The highest BCUT2D eigenvalue weighted by molar-refractivity contribution is 7.99. The molecule has 7 nitrogen and oxygen atoms in total. The van der Waals surface area contributed by atoms with E-state index in [1.165, 1.54) is 12.1 Å². The number of hydrogen-bond acceptors (Lipinski definition) is 7. The van der Waals surface area contributed by atoms with Gasteiger partial charge in [0.2, 0.25) is 0 Å². The monoisotopic (exact) mass is 297 g/mol. The van der Waals surface area contributed by atoms with Crippen molar-refractivity contribution in [1.29, 1.82) is 0 Å². The third-order valence-electron chi connectivity index (χ3n) is 2.10. The van der Waals surface area contributed by atoms with Crippen molar-refractivity contribution in [1.82, 2.24) is 9.97 Å². The predicted molar refractivity (Wildman–Crippen MR) is 72.1 cm³/mol. The first kappa shape index (κ1) is 13.5. The number of nitro groups is 1. The molecule has 0 saturated heterocycles. The van der Waals surface area contributed by atoms with Crippen LogP contribution in [0.15, 0.2) is 40.5 Å². The molecule has 0 spiro atoms. The summed E-state index contributed by atoms with van der Waals surface area (Å²) in [6.45, 7) is 0. The molecule has 2 rings (SSSR count). The second-order valence-electron chi connectivity index (χ2n) is 3.31. The van der Waals surface area contributed by atoms with Gasteiger partial charge in [0.15, 0.2) is 5.03 Å². The van der Waals surface area contributed by atoms with Gasteiger partial charge in [0, 0.05) is 12.3 Å². The van der Waals surface area contributed by atoms with Crippen LogP contribution in [-0.4, -0.2) is 14.9 Å². The van der Waals surface area contributed by atoms with Gasteiger partial charge in [-0.05, 0) is 30.0 Å². The Morgan fingerprint density at radius 3 is 2.79 bits per heavy atom. The quantitative estimate of drug-likeness (QED) is 0.507. The zero-order valence-corrected chi connectivity index (χ0v) is 11.0. The average molecular weight is 298 g/mol. The molecule has 0 amide bonds. The molecule has 3 N–H and O–H groups in total. The first-order valence-corrected chi connectivity index (χ1v) is 6.21. The molecular formula is C10H8ClN5O2S. The van der Waals surface area contributed by atoms with Crippen LogP contribution in [0, 0.1) is 10.1 Å². The van der Waals surface area contributed by atoms with Crippen molar-refractivity contribution < 1.29 is 4.92 Å². The summed E-state index contributed by atoms with van der Waals surface area (Å²) in [6.07, 6.45) is 1.55. The summed E-state index contributed by atoms with van der Waals surface area (Å²) in [4.78, 5) is 18.5. The summed E-state index contributed by atoms with van der Waals surface area (Å²) >= 11 is 6.97. The van der Waals surface area contributed by atoms with Crippen molar-refractivity contribution in [3.8, 4) is 0 Å². The Labute approximate surface area is 117 Å². The molecule has 2 aromatic rings. The maximum Gasteiger partial charge on any atom is 0.301 e. The molecule has 0 bridgehead atoms. The highest BCUT2D eigenvalue weighted by Crippen LogP contribution is 2.35. The number of hydrazine groups is 1. The van der Waals surface area contributed by atoms with Crippen LogP contribution in [0.5, 0.6) is 0 Å². The van der Waals surface area contributed by atoms with Crippen molar-refractivity contribution in [3.05, 3.63) is 45.6 Å². The molecule has 0 aliphatic rings. The Morgan fingerprint density at radius 1 is 1.37 bits per heavy atom. The Hall–Kier alpha value is -1.90. The number of nitrogens with one attached hydrogen (secondary N) is 1. The largest absolute Gasteiger partial charge is 0.308 e. The number of nitrogens with two attached hydrogens (primary N) is 1. The van der Waals surface area contributed by atoms with E-state index in [1.54, 1.807) is 18.3 Å². The molecule has 0 aromatic carbocycles. The molecule has 0 aliphatic carbocycles. The molecule has 9 heteroatoms. The van der Waals surface area contributed by atoms with Crippen LogP contribution in [0.1, 0.15) is 0 Å². The molecule has 2 aromatic heterocycles. The van der Waals surface area contributed by atoms with Crippen molar-refractivity contribution in [3.63, 3.8) is 0 Å². The number of nitrogen functional groups attached to an aromatic ring is 1. The maximum atomic E-state index is 10.9. The smallest absolute Gasteiger partial charge is 0.301 e. The molecule has 19 heavy (non-hydrogen) atoms. The minimum Gasteiger partial charge on any atom is -0.308 e. The van der Waals surface area contributed by atoms with Gasteiger partial charge in [-0.2, -0.15) is 0 Å². The van der Waals surface area contributed by atoms with E-state index in [0.29, 0.717) is 15.9 Å². The van der Waals surface area contributed by atoms with E-state index in [4.69, 9.17) is 17.4 Å². The van der Waals surface area contributed by atoms with Crippen LogP contribution in [0.3, 0.4) is 0 Å². The van der Waals surface area contributed by atoms with Crippen LogP contribution in [0.4, 0.5) is 11.5 Å². The highest BCUT2D eigenvalue weighted by atomic mass is 35.5. The highest BCUT2D eigenvalue weighted by Gasteiger charge is 2.18. The summed E-state index contributed by atoms with van der Waals surface area (Å²) in [5, 5.41) is 11.9. The lowest BCUT2D eigenvalue weighted by atomic mass is 10.4. The second-order valence-corrected chi connectivity index (χ2v) is 4.70. The molecule has 0 fully saturated rings. The number of nitrogens with zero attached hydrogens (tertiary/aromatic N) is 3. The van der Waals surface area contributed by atoms with Crippen molar-refractivity contribution in [2.45, 2.75) is 10.1 Å². The summed E-state index contributed by atoms with van der Waals surface area (Å²) in [6, 6.07) is 6.06. The standard InChI is InChI=1S/C10H8ClN5O2S/c11-6-2-1-5-13-9(6)19-10-7(16(17)18)3-4-8(14-10)15-12/h1-5H,12H2,(H,14,15). The van der Waals surface area contributed by atoms with Gasteiger partial charge in [0.1, 0.15) is 10.8 Å². The van der Waals surface area contributed by atoms with Gasteiger partial charge in [-0.1, -0.05) is 11.6 Å². The summed E-state index contributed by atoms with van der Waals surface area (Å²) in [7, 11) is 0. The van der Waals surface area contributed by atoms with Crippen molar-refractivity contribution in [2.75, 3.05) is 5.43 Å². The zero-order chi connectivity index (χ0) is 13.8. The minimum atomic E-state index is -0.521. The van der Waals surface area contributed by atoms with Gasteiger partial charge in [-0.15, -0.1) is 0 Å². The lowest BCUT2D eigenvalue weighted by Crippen LogP contribution is -2.09. The lowest BCUT2D eigenvalue weighted by molar-refractivity contribution is -0.388. The van der Waals surface area contributed by atoms with Crippen LogP contribution in [-0.2, 0) is 0 Å². The number of anilines is 1. The Balaban J connectivity index is 2.43. The number of hydrogen-bond donors (Lipinski definition) is 2. The maximum absolute atomic E-state index is 10.9. The van der Waals surface area contributed by atoms with Crippen LogP contribution < -0.4 is 11.3 Å². The predicted octanol–water partition coefficient (Wildman–Crippen LogP) is 2.48. The van der Waals surface area contributed by atoms with Gasteiger partial charge >= 0.3 is 5.69 Å². The molecule has 0 saturated carbocycles. The van der Waals surface area contributed by atoms with Crippen molar-refractivity contribution in [2.24, 2.45) is 5.84 Å². The van der Waals surface area contributed by atoms with Gasteiger partial charge in [-0.3, -0.25) is 10.1 Å². The third kappa shape index (κ3) is 3.11. The summed E-state index contributed by atoms with van der Waals surface area (Å²) < 4.78 is 0. The molecular weight excluding hydrogens is 290 g/mol. The lowest BCUT2D eigenvalue weighted by Gasteiger charge is -2.05. The Bertz CT molecular complexity index is 625. The molecule has 98 valence electrons. The topological polar surface area (TPSA) is 107 Å². The average Bonchev–Trinajstić information content (AvgIpc) is 2.41. The van der Waals surface area contributed by atoms with Gasteiger partial charge < -0.3 is 5.43 Å². The van der Waals surface area contributed by atoms with Crippen LogP contribution in [0.2, 0.25) is 5.02 Å². The van der Waals surface area contributed by atoms with Crippen LogP contribution >= 0.6 is 23.4 Å². The van der Waals surface area contributed by atoms with E-state index in [-0.39, 0.29) is 10.7 Å². The van der Waals surface area contributed by atoms with Gasteiger partial charge in [0.05, 0.1) is 9.95 Å². The van der Waals surface area contributed by atoms with Crippen LogP contribution in [0.25, 0.3) is 0 Å². The van der Waals surface area contributed by atoms with E-state index in [0.717, 1.165) is 11.8 Å². The molecule has 2 heterocycles. The van der Waals surface area contributed by atoms with E-state index in [1.807, 2.05) is 0 Å². The number of rotatable bonds is 4. The second kappa shape index (κ2) is 5.83. The SMILES string of the molecule is NNc1ccc([N+](=O)[O-])c(Sc2ncccc2Cl)n1. The molecule has 0 unspecified atom stereocenters. The van der Waals surface area contributed by atoms with E-state index in [2.05, 4.69) is 15.4 Å². The normalized spacial score (nSPS) is 10.2. The minimum absolute atomic E-state index is 0.134. The first-order valence-electron chi connectivity index (χ1n) is 5.02. The molecule has 0 radical (unpaired) electrons. The number of halogens is 1. The fourth-order valence-electron chi connectivity index (χ4n) is 1.27. The fourth-order valence-corrected chi connectivity index (χ4v) is 2.36. The van der Waals surface area contributed by atoms with E-state index >= 15 is 0 Å². The Kier molecular flexibility index (Phi) is 4.15. The third-order valence-corrected chi connectivity index (χ3v) is 3.53. The van der Waals surface area contributed by atoms with Gasteiger partial charge in [0.25, 0.3) is 0 Å². The molecule has 0 aliphatic heterocycles. The first-order chi connectivity index (χ1) is 9.11. The number of aromatic nitrogens is 2. The van der Waals surface area contributed by atoms with E-state index in [9.17, 15) is 10.1 Å². The zero-order valence-electron chi connectivity index (χ0n) is 9.41. The van der Waals surface area contributed by atoms with E-state index < -0.39 is 4.92 Å². The Morgan fingerprint density at radius 2 is 2.16 bits per heavy atom. The summed E-state index contributed by atoms with van der Waals surface area (Å²) in [5.41, 5.74) is 2.20. The fraction of sp³-hybridized carbons (Fsp3) is 0. The molecule has 0 atom stereocenters. The number of pyridine rings is 2. The van der Waals surface area contributed by atoms with Crippen molar-refractivity contribution >= 4 is 34.9 Å². The summed E-state index contributed by atoms with van der Waals surface area (Å²) in [5.74, 6) is 5.55. The van der Waals surface area contributed by atoms with Gasteiger partial charge in [-0.25, -0.2) is 15.8 Å².